The molecule has 1 fully saturated rings. The van der Waals surface area contributed by atoms with Crippen molar-refractivity contribution in [2.45, 2.75) is 25.2 Å². The Balaban J connectivity index is 1.69. The SMILES string of the molecule is COC(=O)C1=C(CBr)NC(c2ncc(C3CNC[C@@H](/C=C/C(=O)O)O3)s2)=N[C@H]1c1ccc(F)c(F)c1C. The van der Waals surface area contributed by atoms with Crippen LogP contribution in [-0.4, -0.2) is 59.5 Å². The zero-order valence-electron chi connectivity index (χ0n) is 19.8. The Hall–Kier alpha value is -3.00. The lowest BCUT2D eigenvalue weighted by Crippen LogP contribution is -2.39. The predicted molar refractivity (Wildman–Crippen MR) is 136 cm³/mol. The van der Waals surface area contributed by atoms with E-state index in [-0.39, 0.29) is 22.6 Å². The summed E-state index contributed by atoms with van der Waals surface area (Å²) in [6.07, 6.45) is 3.38. The van der Waals surface area contributed by atoms with Crippen LogP contribution in [0, 0.1) is 18.6 Å². The summed E-state index contributed by atoms with van der Waals surface area (Å²) in [7, 11) is 1.24. The second-order valence-electron chi connectivity index (χ2n) is 8.18. The lowest BCUT2D eigenvalue weighted by atomic mass is 9.92. The molecule has 1 aromatic heterocycles. The van der Waals surface area contributed by atoms with E-state index in [9.17, 15) is 18.4 Å². The van der Waals surface area contributed by atoms with Gasteiger partial charge in [-0.1, -0.05) is 22.0 Å². The van der Waals surface area contributed by atoms with Gasteiger partial charge in [0.1, 0.15) is 12.1 Å². The highest BCUT2D eigenvalue weighted by Gasteiger charge is 2.34. The van der Waals surface area contributed by atoms with E-state index in [4.69, 9.17) is 14.6 Å². The summed E-state index contributed by atoms with van der Waals surface area (Å²) in [6, 6.07) is 1.44. The van der Waals surface area contributed by atoms with Crippen molar-refractivity contribution >= 4 is 45.0 Å². The second kappa shape index (κ2) is 11.6. The first-order valence-electron chi connectivity index (χ1n) is 11.1. The Morgan fingerprint density at radius 2 is 2.14 bits per heavy atom. The third kappa shape index (κ3) is 5.79. The fraction of sp³-hybridized carbons (Fsp3) is 0.333. The third-order valence-corrected chi connectivity index (χ3v) is 7.51. The number of aromatic nitrogens is 1. The maximum atomic E-state index is 14.4. The van der Waals surface area contributed by atoms with Crippen molar-refractivity contribution < 1.29 is 33.0 Å². The van der Waals surface area contributed by atoms with Gasteiger partial charge in [-0.2, -0.15) is 0 Å². The average molecular weight is 597 g/mol. The zero-order chi connectivity index (χ0) is 26.7. The van der Waals surface area contributed by atoms with Crippen molar-refractivity contribution in [1.82, 2.24) is 15.6 Å². The number of hydrogen-bond acceptors (Lipinski definition) is 9. The summed E-state index contributed by atoms with van der Waals surface area (Å²) in [5.41, 5.74) is 0.979. The molecular weight excluding hydrogens is 574 g/mol. The molecule has 0 bridgehead atoms. The quantitative estimate of drug-likeness (QED) is 0.253. The molecule has 4 rings (SSSR count). The van der Waals surface area contributed by atoms with E-state index in [1.54, 1.807) is 6.20 Å². The minimum Gasteiger partial charge on any atom is -0.478 e. The Labute approximate surface area is 223 Å². The first-order chi connectivity index (χ1) is 17.7. The number of carboxylic acids is 1. The maximum absolute atomic E-state index is 14.4. The number of benzene rings is 1. The molecule has 1 saturated heterocycles. The molecule has 0 spiro atoms. The van der Waals surface area contributed by atoms with Gasteiger partial charge in [0.2, 0.25) is 0 Å². The van der Waals surface area contributed by atoms with Gasteiger partial charge in [0.05, 0.1) is 23.7 Å². The molecule has 1 unspecified atom stereocenters. The molecule has 2 aliphatic heterocycles. The summed E-state index contributed by atoms with van der Waals surface area (Å²) >= 11 is 4.69. The molecule has 3 atom stereocenters. The summed E-state index contributed by atoms with van der Waals surface area (Å²) in [5.74, 6) is -3.37. The molecule has 3 N–H and O–H groups in total. The minimum atomic E-state index is -1.06. The second-order valence-corrected chi connectivity index (χ2v) is 9.81. The van der Waals surface area contributed by atoms with Gasteiger partial charge in [-0.25, -0.2) is 23.4 Å². The fourth-order valence-electron chi connectivity index (χ4n) is 4.03. The first-order valence-corrected chi connectivity index (χ1v) is 13.1. The van der Waals surface area contributed by atoms with Crippen molar-refractivity contribution in [3.8, 4) is 0 Å². The topological polar surface area (TPSA) is 122 Å². The van der Waals surface area contributed by atoms with E-state index >= 15 is 0 Å². The van der Waals surface area contributed by atoms with Crippen LogP contribution in [0.3, 0.4) is 0 Å². The number of nitrogens with zero attached hydrogens (tertiary/aromatic N) is 2. The number of esters is 1. The van der Waals surface area contributed by atoms with Crippen LogP contribution in [0.2, 0.25) is 0 Å². The summed E-state index contributed by atoms with van der Waals surface area (Å²) in [4.78, 5) is 33.5. The highest BCUT2D eigenvalue weighted by atomic mass is 79.9. The van der Waals surface area contributed by atoms with E-state index in [1.807, 2.05) is 0 Å². The Morgan fingerprint density at radius 1 is 1.35 bits per heavy atom. The molecule has 1 aromatic carbocycles. The number of carbonyl (C=O) groups is 2. The van der Waals surface area contributed by atoms with Gasteiger partial charge in [-0.15, -0.1) is 11.3 Å². The number of hydrogen-bond donors (Lipinski definition) is 3. The number of amidine groups is 1. The van der Waals surface area contributed by atoms with E-state index in [0.717, 1.165) is 17.0 Å². The molecule has 13 heteroatoms. The number of rotatable bonds is 7. The third-order valence-electron chi connectivity index (χ3n) is 5.85. The number of halogens is 3. The Bertz CT molecular complexity index is 1310. The maximum Gasteiger partial charge on any atom is 0.338 e. The predicted octanol–water partition coefficient (Wildman–Crippen LogP) is 3.31. The van der Waals surface area contributed by atoms with Gasteiger partial charge in [-0.05, 0) is 30.2 Å². The van der Waals surface area contributed by atoms with Crippen molar-refractivity contribution in [1.29, 1.82) is 0 Å². The number of aliphatic carboxylic acids is 1. The molecule has 37 heavy (non-hydrogen) atoms. The summed E-state index contributed by atoms with van der Waals surface area (Å²) in [6.45, 7) is 2.41. The number of carbonyl (C=O) groups excluding carboxylic acids is 1. The number of ether oxygens (including phenoxy) is 2. The van der Waals surface area contributed by atoms with Gasteiger partial charge in [-0.3, -0.25) is 4.99 Å². The highest BCUT2D eigenvalue weighted by molar-refractivity contribution is 9.09. The zero-order valence-corrected chi connectivity index (χ0v) is 22.2. The first kappa shape index (κ1) is 27.0. The molecule has 2 aromatic rings. The Kier molecular flexibility index (Phi) is 8.47. The van der Waals surface area contributed by atoms with Crippen LogP contribution < -0.4 is 10.6 Å². The highest BCUT2D eigenvalue weighted by Crippen LogP contribution is 2.36. The van der Waals surface area contributed by atoms with E-state index in [1.165, 1.54) is 37.5 Å². The normalized spacial score (nSPS) is 22.1. The number of alkyl halides is 1. The van der Waals surface area contributed by atoms with Crippen LogP contribution in [0.25, 0.3) is 0 Å². The molecule has 2 aliphatic rings. The number of methoxy groups -OCH3 is 1. The van der Waals surface area contributed by atoms with Gasteiger partial charge >= 0.3 is 11.9 Å². The van der Waals surface area contributed by atoms with Crippen LogP contribution in [0.15, 0.2) is 46.7 Å². The van der Waals surface area contributed by atoms with Crippen LogP contribution >= 0.6 is 27.3 Å². The van der Waals surface area contributed by atoms with Gasteiger partial charge < -0.3 is 25.2 Å². The van der Waals surface area contributed by atoms with Crippen molar-refractivity contribution in [3.05, 3.63) is 74.4 Å². The van der Waals surface area contributed by atoms with E-state index in [2.05, 4.69) is 36.5 Å². The number of thiazole rings is 1. The number of aliphatic imine (C=N–C) groups is 1. The summed E-state index contributed by atoms with van der Waals surface area (Å²) in [5, 5.41) is 15.9. The van der Waals surface area contributed by atoms with Crippen molar-refractivity contribution in [3.63, 3.8) is 0 Å². The lowest BCUT2D eigenvalue weighted by Gasteiger charge is -2.28. The molecule has 9 nitrogen and oxygen atoms in total. The minimum absolute atomic E-state index is 0.0345. The Morgan fingerprint density at radius 3 is 2.84 bits per heavy atom. The number of nitrogens with one attached hydrogen (secondary N) is 2. The van der Waals surface area contributed by atoms with Crippen LogP contribution in [0.4, 0.5) is 8.78 Å². The van der Waals surface area contributed by atoms with Crippen LogP contribution in [0.5, 0.6) is 0 Å². The smallest absolute Gasteiger partial charge is 0.338 e. The lowest BCUT2D eigenvalue weighted by molar-refractivity contribution is -0.136. The molecule has 0 saturated carbocycles. The van der Waals surface area contributed by atoms with Crippen molar-refractivity contribution in [2.24, 2.45) is 4.99 Å². The van der Waals surface area contributed by atoms with Gasteiger partial charge in [0.15, 0.2) is 22.5 Å². The average Bonchev–Trinajstić information content (AvgIpc) is 3.40. The van der Waals surface area contributed by atoms with E-state index in [0.29, 0.717) is 35.2 Å². The molecule has 196 valence electrons. The molecular formula is C24H23BrF2N4O5S. The summed E-state index contributed by atoms with van der Waals surface area (Å²) < 4.78 is 39.2. The van der Waals surface area contributed by atoms with Gasteiger partial charge in [0, 0.05) is 36.4 Å². The monoisotopic (exact) mass is 596 g/mol. The number of carboxylic acid groups (broad SMARTS) is 1. The largest absolute Gasteiger partial charge is 0.478 e. The molecule has 3 heterocycles. The molecule has 0 radical (unpaired) electrons. The van der Waals surface area contributed by atoms with Crippen molar-refractivity contribution in [2.75, 3.05) is 25.5 Å². The van der Waals surface area contributed by atoms with Crippen LogP contribution in [0.1, 0.15) is 33.2 Å². The number of morpholine rings is 1. The van der Waals surface area contributed by atoms with E-state index < -0.39 is 35.7 Å². The standard InChI is InChI=1S/C24H23BrF2N4O5S/c1-11-13(4-5-14(26)20(11)27)21-19(24(34)35-2)15(7-25)30-22(31-21)23-29-10-17(37-23)16-9-28-8-12(36-16)3-6-18(32)33/h3-6,10,12,16,21,28H,7-9H2,1-2H3,(H,30,31)(H,32,33)/b6-3+/t12-,16?,21+/m1/s1. The molecule has 0 aliphatic carbocycles. The number of allylic oxidation sites excluding steroid dienone is 1. The van der Waals surface area contributed by atoms with Crippen LogP contribution in [-0.2, 0) is 19.1 Å². The van der Waals surface area contributed by atoms with Gasteiger partial charge in [0.25, 0.3) is 0 Å². The fourth-order valence-corrected chi connectivity index (χ4v) is 5.37. The molecule has 0 amide bonds.